The van der Waals surface area contributed by atoms with Crippen LogP contribution in [0.5, 0.6) is 0 Å². The van der Waals surface area contributed by atoms with E-state index in [1.165, 1.54) is 0 Å². The van der Waals surface area contributed by atoms with E-state index in [1.54, 1.807) is 12.4 Å². The molecule has 0 saturated carbocycles. The van der Waals surface area contributed by atoms with Gasteiger partial charge in [-0.1, -0.05) is 0 Å². The van der Waals surface area contributed by atoms with Crippen LogP contribution in [0.4, 0.5) is 0 Å². The van der Waals surface area contributed by atoms with E-state index in [4.69, 9.17) is 0 Å². The van der Waals surface area contributed by atoms with Crippen molar-refractivity contribution >= 4 is 11.2 Å². The summed E-state index contributed by atoms with van der Waals surface area (Å²) < 4.78 is 0. The van der Waals surface area contributed by atoms with Crippen LogP contribution in [0.3, 0.4) is 0 Å². The molecule has 0 amide bonds. The number of fused-ring (bicyclic) bond motifs is 1. The third-order valence-electron chi connectivity index (χ3n) is 1.91. The van der Waals surface area contributed by atoms with E-state index in [0.29, 0.717) is 5.65 Å². The zero-order chi connectivity index (χ0) is 9.80. The van der Waals surface area contributed by atoms with Gasteiger partial charge in [-0.15, -0.1) is 5.10 Å². The normalized spacial score (nSPS) is 10.6. The number of nitrogens with zero attached hydrogens (tertiary/aromatic N) is 4. The Kier molecular flexibility index (Phi) is 2.60. The van der Waals surface area contributed by atoms with Gasteiger partial charge in [0.15, 0.2) is 5.65 Å². The molecule has 0 unspecified atom stereocenters. The number of aromatic nitrogens is 4. The van der Waals surface area contributed by atoms with Crippen molar-refractivity contribution in [3.05, 3.63) is 24.2 Å². The standard InChI is InChI=1S/C9H11N5/c1-10-3-2-7-6-8-9(14-13-7)12-5-4-11-8/h4-6,10H,2-3H2,1H3. The second kappa shape index (κ2) is 4.06. The predicted octanol–water partition coefficient (Wildman–Crippen LogP) is 0.182. The number of rotatable bonds is 3. The van der Waals surface area contributed by atoms with Crippen molar-refractivity contribution in [3.63, 3.8) is 0 Å². The van der Waals surface area contributed by atoms with Gasteiger partial charge in [0.25, 0.3) is 0 Å². The largest absolute Gasteiger partial charge is 0.319 e. The van der Waals surface area contributed by atoms with Crippen LogP contribution < -0.4 is 5.32 Å². The maximum absolute atomic E-state index is 4.16. The second-order valence-corrected chi connectivity index (χ2v) is 2.95. The van der Waals surface area contributed by atoms with Gasteiger partial charge in [0.05, 0.1) is 5.69 Å². The summed E-state index contributed by atoms with van der Waals surface area (Å²) in [5.41, 5.74) is 2.33. The second-order valence-electron chi connectivity index (χ2n) is 2.95. The molecule has 1 N–H and O–H groups in total. The van der Waals surface area contributed by atoms with Gasteiger partial charge in [0.2, 0.25) is 0 Å². The Morgan fingerprint density at radius 1 is 1.21 bits per heavy atom. The summed E-state index contributed by atoms with van der Waals surface area (Å²) in [6.45, 7) is 0.889. The zero-order valence-corrected chi connectivity index (χ0v) is 7.94. The van der Waals surface area contributed by atoms with Crippen LogP contribution in [0.25, 0.3) is 11.2 Å². The molecule has 0 aliphatic carbocycles. The fraction of sp³-hybridized carbons (Fsp3) is 0.333. The van der Waals surface area contributed by atoms with Gasteiger partial charge < -0.3 is 5.32 Å². The molecular formula is C9H11N5. The number of likely N-dealkylation sites (N-methyl/N-ethyl adjacent to an activating group) is 1. The van der Waals surface area contributed by atoms with E-state index >= 15 is 0 Å². The molecule has 0 saturated heterocycles. The van der Waals surface area contributed by atoms with Crippen molar-refractivity contribution in [3.8, 4) is 0 Å². The average Bonchev–Trinajstić information content (AvgIpc) is 2.26. The average molecular weight is 189 g/mol. The van der Waals surface area contributed by atoms with E-state index in [9.17, 15) is 0 Å². The maximum atomic E-state index is 4.16. The first-order chi connectivity index (χ1) is 6.90. The monoisotopic (exact) mass is 189 g/mol. The predicted molar refractivity (Wildman–Crippen MR) is 52.8 cm³/mol. The van der Waals surface area contributed by atoms with Crippen molar-refractivity contribution in [2.45, 2.75) is 6.42 Å². The lowest BCUT2D eigenvalue weighted by molar-refractivity contribution is 0.764. The highest BCUT2D eigenvalue weighted by Gasteiger charge is 2.00. The summed E-state index contributed by atoms with van der Waals surface area (Å²) in [4.78, 5) is 8.22. The number of nitrogens with one attached hydrogen (secondary N) is 1. The van der Waals surface area contributed by atoms with Gasteiger partial charge >= 0.3 is 0 Å². The summed E-state index contributed by atoms with van der Waals surface area (Å²) in [6.07, 6.45) is 4.13. The molecule has 5 nitrogen and oxygen atoms in total. The first-order valence-corrected chi connectivity index (χ1v) is 4.48. The topological polar surface area (TPSA) is 63.6 Å². The van der Waals surface area contributed by atoms with E-state index in [-0.39, 0.29) is 0 Å². The Balaban J connectivity index is 2.32. The Morgan fingerprint density at radius 2 is 2.07 bits per heavy atom. The van der Waals surface area contributed by atoms with Crippen LogP contribution in [0.15, 0.2) is 18.5 Å². The molecule has 2 rings (SSSR count). The van der Waals surface area contributed by atoms with Crippen LogP contribution in [0, 0.1) is 0 Å². The third kappa shape index (κ3) is 1.82. The van der Waals surface area contributed by atoms with E-state index in [1.807, 2.05) is 13.1 Å². The summed E-state index contributed by atoms with van der Waals surface area (Å²) in [5.74, 6) is 0. The minimum absolute atomic E-state index is 0.598. The van der Waals surface area contributed by atoms with Crippen molar-refractivity contribution < 1.29 is 0 Å². The highest BCUT2D eigenvalue weighted by molar-refractivity contribution is 5.68. The Morgan fingerprint density at radius 3 is 2.93 bits per heavy atom. The lowest BCUT2D eigenvalue weighted by Crippen LogP contribution is -2.11. The number of hydrogen-bond acceptors (Lipinski definition) is 5. The van der Waals surface area contributed by atoms with E-state index < -0.39 is 0 Å². The summed E-state index contributed by atoms with van der Waals surface area (Å²) in [5, 5.41) is 11.1. The van der Waals surface area contributed by atoms with Crippen molar-refractivity contribution in [2.75, 3.05) is 13.6 Å². The first-order valence-electron chi connectivity index (χ1n) is 4.48. The lowest BCUT2D eigenvalue weighted by atomic mass is 10.3. The molecular weight excluding hydrogens is 178 g/mol. The Hall–Kier alpha value is -1.62. The fourth-order valence-corrected chi connectivity index (χ4v) is 1.19. The highest BCUT2D eigenvalue weighted by atomic mass is 15.1. The lowest BCUT2D eigenvalue weighted by Gasteiger charge is -1.99. The van der Waals surface area contributed by atoms with E-state index in [2.05, 4.69) is 25.5 Å². The molecule has 2 aromatic heterocycles. The molecule has 2 heterocycles. The molecule has 0 spiro atoms. The van der Waals surface area contributed by atoms with Crippen LogP contribution in [0.2, 0.25) is 0 Å². The van der Waals surface area contributed by atoms with Crippen LogP contribution >= 0.6 is 0 Å². The van der Waals surface area contributed by atoms with Gasteiger partial charge in [-0.3, -0.25) is 4.98 Å². The van der Waals surface area contributed by atoms with Gasteiger partial charge in [-0.2, -0.15) is 5.10 Å². The van der Waals surface area contributed by atoms with E-state index in [0.717, 1.165) is 24.2 Å². The van der Waals surface area contributed by atoms with Crippen LogP contribution in [-0.4, -0.2) is 33.8 Å². The minimum Gasteiger partial charge on any atom is -0.319 e. The maximum Gasteiger partial charge on any atom is 0.200 e. The van der Waals surface area contributed by atoms with Crippen LogP contribution in [0.1, 0.15) is 5.69 Å². The zero-order valence-electron chi connectivity index (χ0n) is 7.94. The van der Waals surface area contributed by atoms with Crippen molar-refractivity contribution in [1.29, 1.82) is 0 Å². The van der Waals surface area contributed by atoms with Gasteiger partial charge in [-0.25, -0.2) is 4.98 Å². The molecule has 2 aromatic rings. The SMILES string of the molecule is CNCCc1cc2nccnc2nn1. The number of hydrogen-bond donors (Lipinski definition) is 1. The summed E-state index contributed by atoms with van der Waals surface area (Å²) in [7, 11) is 1.91. The molecule has 0 atom stereocenters. The van der Waals surface area contributed by atoms with Gasteiger partial charge in [0, 0.05) is 25.4 Å². The molecule has 14 heavy (non-hydrogen) atoms. The molecule has 0 aromatic carbocycles. The summed E-state index contributed by atoms with van der Waals surface area (Å²) >= 11 is 0. The highest BCUT2D eigenvalue weighted by Crippen LogP contribution is 2.04. The van der Waals surface area contributed by atoms with Crippen LogP contribution in [-0.2, 0) is 6.42 Å². The Bertz CT molecular complexity index is 428. The molecule has 72 valence electrons. The molecule has 0 aliphatic rings. The summed E-state index contributed by atoms with van der Waals surface area (Å²) in [6, 6.07) is 1.92. The molecule has 0 fully saturated rings. The molecule has 5 heteroatoms. The quantitative estimate of drug-likeness (QED) is 0.746. The molecule has 0 aliphatic heterocycles. The fourth-order valence-electron chi connectivity index (χ4n) is 1.19. The van der Waals surface area contributed by atoms with Gasteiger partial charge in [-0.05, 0) is 13.1 Å². The van der Waals surface area contributed by atoms with Crippen molar-refractivity contribution in [1.82, 2.24) is 25.5 Å². The van der Waals surface area contributed by atoms with Crippen molar-refractivity contribution in [2.24, 2.45) is 0 Å². The first kappa shape index (κ1) is 8.96. The molecule has 0 bridgehead atoms. The smallest absolute Gasteiger partial charge is 0.200 e. The third-order valence-corrected chi connectivity index (χ3v) is 1.91. The molecule has 0 radical (unpaired) electrons. The Labute approximate surface area is 81.6 Å². The minimum atomic E-state index is 0.598. The van der Waals surface area contributed by atoms with Gasteiger partial charge in [0.1, 0.15) is 5.52 Å².